The maximum absolute atomic E-state index is 5.60. The molecule has 0 amide bonds. The summed E-state index contributed by atoms with van der Waals surface area (Å²) in [7, 11) is 1.86. The first-order chi connectivity index (χ1) is 14.3. The standard InChI is InChI=1S/C23H35N5O.HI/c1-24-22(25-12-9-19-17-26-21-8-4-3-7-20(19)21)27-18-23(10-5-2-6-11-23)28-13-15-29-16-14-28;/h3-4,7-8,17,26H,2,5-6,9-16,18H2,1H3,(H2,24,25,27);1H. The van der Waals surface area contributed by atoms with Gasteiger partial charge in [-0.15, -0.1) is 24.0 Å². The largest absolute Gasteiger partial charge is 0.379 e. The normalized spacial score (nSPS) is 20.0. The molecule has 0 radical (unpaired) electrons. The predicted molar refractivity (Wildman–Crippen MR) is 135 cm³/mol. The van der Waals surface area contributed by atoms with E-state index < -0.39 is 0 Å². The van der Waals surface area contributed by atoms with Gasteiger partial charge in [0.15, 0.2) is 5.96 Å². The van der Waals surface area contributed by atoms with Crippen LogP contribution in [0.1, 0.15) is 37.7 Å². The van der Waals surface area contributed by atoms with Crippen molar-refractivity contribution in [3.63, 3.8) is 0 Å². The molecule has 1 saturated carbocycles. The average molecular weight is 525 g/mol. The molecule has 7 heteroatoms. The van der Waals surface area contributed by atoms with Gasteiger partial charge >= 0.3 is 0 Å². The predicted octanol–water partition coefficient (Wildman–Crippen LogP) is 3.53. The van der Waals surface area contributed by atoms with E-state index >= 15 is 0 Å². The number of aliphatic imine (C=N–C) groups is 1. The van der Waals surface area contributed by atoms with E-state index in [4.69, 9.17) is 4.74 Å². The third-order valence-electron chi connectivity index (χ3n) is 6.64. The van der Waals surface area contributed by atoms with Gasteiger partial charge in [-0.3, -0.25) is 9.89 Å². The lowest BCUT2D eigenvalue weighted by molar-refractivity contribution is -0.0352. The van der Waals surface area contributed by atoms with Gasteiger partial charge in [-0.25, -0.2) is 0 Å². The van der Waals surface area contributed by atoms with Gasteiger partial charge in [0.2, 0.25) is 0 Å². The lowest BCUT2D eigenvalue weighted by Gasteiger charge is -2.48. The number of fused-ring (bicyclic) bond motifs is 1. The summed E-state index contributed by atoms with van der Waals surface area (Å²) in [6, 6.07) is 8.48. The number of halogens is 1. The van der Waals surface area contributed by atoms with Crippen LogP contribution in [0.4, 0.5) is 0 Å². The molecule has 4 rings (SSSR count). The quantitative estimate of drug-likeness (QED) is 0.307. The van der Waals surface area contributed by atoms with Crippen LogP contribution in [-0.4, -0.2) is 67.8 Å². The third-order valence-corrected chi connectivity index (χ3v) is 6.64. The number of guanidine groups is 1. The molecule has 2 fully saturated rings. The number of ether oxygens (including phenoxy) is 1. The Balaban J connectivity index is 0.00000256. The number of para-hydroxylation sites is 1. The van der Waals surface area contributed by atoms with Crippen LogP contribution in [0.2, 0.25) is 0 Å². The van der Waals surface area contributed by atoms with Crippen LogP contribution < -0.4 is 10.6 Å². The van der Waals surface area contributed by atoms with E-state index in [0.717, 1.165) is 51.8 Å². The molecule has 2 heterocycles. The first-order valence-corrected chi connectivity index (χ1v) is 11.1. The molecule has 1 aromatic carbocycles. The van der Waals surface area contributed by atoms with Crippen molar-refractivity contribution < 1.29 is 4.74 Å². The highest BCUT2D eigenvalue weighted by Crippen LogP contribution is 2.33. The number of nitrogens with one attached hydrogen (secondary N) is 3. The van der Waals surface area contributed by atoms with Gasteiger partial charge in [-0.1, -0.05) is 37.5 Å². The molecule has 1 aliphatic carbocycles. The summed E-state index contributed by atoms with van der Waals surface area (Å²) in [5, 5.41) is 8.47. The van der Waals surface area contributed by atoms with Crippen molar-refractivity contribution >= 4 is 40.8 Å². The molecular formula is C23H36IN5O. The van der Waals surface area contributed by atoms with Gasteiger partial charge in [0, 0.05) is 55.9 Å². The minimum Gasteiger partial charge on any atom is -0.379 e. The number of aromatic nitrogens is 1. The highest BCUT2D eigenvalue weighted by atomic mass is 127. The second-order valence-corrected chi connectivity index (χ2v) is 8.35. The van der Waals surface area contributed by atoms with Crippen LogP contribution in [0, 0.1) is 0 Å². The van der Waals surface area contributed by atoms with Crippen molar-refractivity contribution in [1.82, 2.24) is 20.5 Å². The Labute approximate surface area is 197 Å². The van der Waals surface area contributed by atoms with Crippen LogP contribution in [0.5, 0.6) is 0 Å². The number of hydrogen-bond acceptors (Lipinski definition) is 3. The Morgan fingerprint density at radius 3 is 2.67 bits per heavy atom. The van der Waals surface area contributed by atoms with Crippen LogP contribution >= 0.6 is 24.0 Å². The summed E-state index contributed by atoms with van der Waals surface area (Å²) in [5.74, 6) is 0.906. The Hall–Kier alpha value is -1.32. The molecule has 3 N–H and O–H groups in total. The Morgan fingerprint density at radius 2 is 1.90 bits per heavy atom. The Morgan fingerprint density at radius 1 is 1.13 bits per heavy atom. The number of aromatic amines is 1. The molecule has 1 saturated heterocycles. The zero-order valence-electron chi connectivity index (χ0n) is 18.1. The van der Waals surface area contributed by atoms with Crippen LogP contribution in [0.3, 0.4) is 0 Å². The lowest BCUT2D eigenvalue weighted by Crippen LogP contribution is -2.60. The third kappa shape index (κ3) is 5.48. The monoisotopic (exact) mass is 525 g/mol. The minimum absolute atomic E-state index is 0. The first-order valence-electron chi connectivity index (χ1n) is 11.1. The van der Waals surface area contributed by atoms with Crippen molar-refractivity contribution in [2.45, 2.75) is 44.1 Å². The fourth-order valence-electron chi connectivity index (χ4n) is 4.98. The number of H-pyrrole nitrogens is 1. The molecule has 1 aromatic heterocycles. The lowest BCUT2D eigenvalue weighted by atomic mass is 9.80. The van der Waals surface area contributed by atoms with Crippen LogP contribution in [-0.2, 0) is 11.2 Å². The molecule has 0 bridgehead atoms. The van der Waals surface area contributed by atoms with E-state index in [1.165, 1.54) is 48.6 Å². The molecule has 2 aromatic rings. The van der Waals surface area contributed by atoms with Gasteiger partial charge in [0.25, 0.3) is 0 Å². The zero-order valence-corrected chi connectivity index (χ0v) is 20.4. The van der Waals surface area contributed by atoms with Crippen molar-refractivity contribution in [3.05, 3.63) is 36.0 Å². The van der Waals surface area contributed by atoms with Gasteiger partial charge in [-0.2, -0.15) is 0 Å². The summed E-state index contributed by atoms with van der Waals surface area (Å²) in [6.07, 6.45) is 9.65. The summed E-state index contributed by atoms with van der Waals surface area (Å²) >= 11 is 0. The van der Waals surface area contributed by atoms with Crippen molar-refractivity contribution in [2.75, 3.05) is 46.4 Å². The smallest absolute Gasteiger partial charge is 0.191 e. The van der Waals surface area contributed by atoms with Gasteiger partial charge in [0.05, 0.1) is 13.2 Å². The van der Waals surface area contributed by atoms with E-state index in [1.54, 1.807) is 0 Å². The molecule has 0 atom stereocenters. The molecule has 1 aliphatic heterocycles. The SMILES string of the molecule is CN=C(NCCc1c[nH]c2ccccc12)NCC1(N2CCOCC2)CCCCC1.I. The molecule has 2 aliphatic rings. The van der Waals surface area contributed by atoms with E-state index in [1.807, 2.05) is 7.05 Å². The van der Waals surface area contributed by atoms with E-state index in [-0.39, 0.29) is 29.5 Å². The highest BCUT2D eigenvalue weighted by Gasteiger charge is 2.38. The van der Waals surface area contributed by atoms with Crippen LogP contribution in [0.25, 0.3) is 10.9 Å². The Bertz CT molecular complexity index is 809. The Kier molecular flexibility index (Phi) is 8.83. The first kappa shape index (κ1) is 23.3. The highest BCUT2D eigenvalue weighted by molar-refractivity contribution is 14.0. The summed E-state index contributed by atoms with van der Waals surface area (Å²) < 4.78 is 5.60. The van der Waals surface area contributed by atoms with Gasteiger partial charge < -0.3 is 20.4 Å². The molecule has 6 nitrogen and oxygen atoms in total. The van der Waals surface area contributed by atoms with E-state index in [2.05, 4.69) is 56.0 Å². The zero-order chi connectivity index (χ0) is 19.9. The number of nitrogens with zero attached hydrogens (tertiary/aromatic N) is 2. The number of rotatable bonds is 6. The average Bonchev–Trinajstić information content (AvgIpc) is 3.20. The van der Waals surface area contributed by atoms with E-state index in [0.29, 0.717) is 0 Å². The molecule has 166 valence electrons. The summed E-state index contributed by atoms with van der Waals surface area (Å²) in [6.45, 7) is 5.65. The maximum Gasteiger partial charge on any atom is 0.191 e. The maximum atomic E-state index is 5.60. The topological polar surface area (TPSA) is 64.7 Å². The summed E-state index contributed by atoms with van der Waals surface area (Å²) in [4.78, 5) is 10.5. The number of morpholine rings is 1. The van der Waals surface area contributed by atoms with Crippen molar-refractivity contribution in [3.8, 4) is 0 Å². The number of hydrogen-bond donors (Lipinski definition) is 3. The second kappa shape index (κ2) is 11.3. The second-order valence-electron chi connectivity index (χ2n) is 8.35. The van der Waals surface area contributed by atoms with Gasteiger partial charge in [-0.05, 0) is 30.9 Å². The summed E-state index contributed by atoms with van der Waals surface area (Å²) in [5.41, 5.74) is 2.80. The fourth-order valence-corrected chi connectivity index (χ4v) is 4.98. The molecule has 0 unspecified atom stereocenters. The fraction of sp³-hybridized carbons (Fsp3) is 0.609. The van der Waals surface area contributed by atoms with Crippen molar-refractivity contribution in [1.29, 1.82) is 0 Å². The molecule has 30 heavy (non-hydrogen) atoms. The van der Waals surface area contributed by atoms with Crippen molar-refractivity contribution in [2.24, 2.45) is 4.99 Å². The van der Waals surface area contributed by atoms with Crippen LogP contribution in [0.15, 0.2) is 35.5 Å². The minimum atomic E-state index is 0. The number of benzene rings is 1. The van der Waals surface area contributed by atoms with Gasteiger partial charge in [0.1, 0.15) is 0 Å². The molecule has 0 spiro atoms. The molecular weight excluding hydrogens is 489 g/mol. The van der Waals surface area contributed by atoms with E-state index in [9.17, 15) is 0 Å².